The first-order chi connectivity index (χ1) is 9.79. The van der Waals surface area contributed by atoms with Crippen LogP contribution in [0.15, 0.2) is 24.3 Å². The predicted octanol–water partition coefficient (Wildman–Crippen LogP) is 3.10. The highest BCUT2D eigenvalue weighted by molar-refractivity contribution is 6.02. The summed E-state index contributed by atoms with van der Waals surface area (Å²) in [5, 5.41) is 0. The molecule has 0 N–H and O–H groups in total. The number of rotatable bonds is 6. The van der Waals surface area contributed by atoms with Crippen molar-refractivity contribution in [2.45, 2.75) is 32.9 Å². The van der Waals surface area contributed by atoms with E-state index in [9.17, 15) is 22.8 Å². The highest BCUT2D eigenvalue weighted by atomic mass is 19.4. The molecule has 1 unspecified atom stereocenters. The van der Waals surface area contributed by atoms with E-state index in [2.05, 4.69) is 4.74 Å². The summed E-state index contributed by atoms with van der Waals surface area (Å²) >= 11 is 0. The van der Waals surface area contributed by atoms with Gasteiger partial charge in [-0.3, -0.25) is 9.59 Å². The van der Waals surface area contributed by atoms with Gasteiger partial charge in [0.2, 0.25) is 0 Å². The van der Waals surface area contributed by atoms with E-state index >= 15 is 0 Å². The Hall–Kier alpha value is -1.85. The zero-order valence-electron chi connectivity index (χ0n) is 11.9. The van der Waals surface area contributed by atoms with Gasteiger partial charge in [0.15, 0.2) is 0 Å². The molecular formula is C15H17F3O3. The summed E-state index contributed by atoms with van der Waals surface area (Å²) in [6.45, 7) is 3.35. The van der Waals surface area contributed by atoms with Crippen LogP contribution in [0.4, 0.5) is 13.2 Å². The van der Waals surface area contributed by atoms with Crippen LogP contribution in [0.3, 0.4) is 0 Å². The SMILES string of the molecule is CCOC(=O)C(Cc1ccc(CC)cc1)C(=O)C(F)(F)F. The molecule has 0 saturated carbocycles. The summed E-state index contributed by atoms with van der Waals surface area (Å²) in [7, 11) is 0. The summed E-state index contributed by atoms with van der Waals surface area (Å²) in [4.78, 5) is 23.0. The van der Waals surface area contributed by atoms with Crippen LogP contribution >= 0.6 is 0 Å². The second kappa shape index (κ2) is 7.24. The lowest BCUT2D eigenvalue weighted by atomic mass is 9.94. The lowest BCUT2D eigenvalue weighted by Crippen LogP contribution is -2.37. The number of hydrogen-bond acceptors (Lipinski definition) is 3. The molecule has 0 saturated heterocycles. The van der Waals surface area contributed by atoms with Crippen molar-refractivity contribution in [3.8, 4) is 0 Å². The molecule has 0 fully saturated rings. The van der Waals surface area contributed by atoms with E-state index in [4.69, 9.17) is 0 Å². The van der Waals surface area contributed by atoms with E-state index in [0.29, 0.717) is 5.56 Å². The zero-order valence-corrected chi connectivity index (χ0v) is 11.9. The molecule has 1 aromatic rings. The van der Waals surface area contributed by atoms with E-state index < -0.39 is 23.8 Å². The standard InChI is InChI=1S/C15H17F3O3/c1-3-10-5-7-11(8-6-10)9-12(14(20)21-4-2)13(19)15(16,17)18/h5-8,12H,3-4,9H2,1-2H3. The molecule has 3 nitrogen and oxygen atoms in total. The van der Waals surface area contributed by atoms with Gasteiger partial charge in [0, 0.05) is 0 Å². The molecule has 6 heteroatoms. The van der Waals surface area contributed by atoms with Gasteiger partial charge in [-0.25, -0.2) is 0 Å². The van der Waals surface area contributed by atoms with Crippen LogP contribution in [0, 0.1) is 5.92 Å². The molecule has 0 spiro atoms. The Morgan fingerprint density at radius 2 is 1.62 bits per heavy atom. The van der Waals surface area contributed by atoms with Crippen molar-refractivity contribution in [2.24, 2.45) is 5.92 Å². The Morgan fingerprint density at radius 1 is 1.10 bits per heavy atom. The number of esters is 1. The number of Topliss-reactive ketones (excluding diaryl/α,β-unsaturated/α-hetero) is 1. The number of carbonyl (C=O) groups is 2. The fourth-order valence-corrected chi connectivity index (χ4v) is 1.87. The Labute approximate surface area is 121 Å². The number of benzene rings is 1. The van der Waals surface area contributed by atoms with Gasteiger partial charge in [0.05, 0.1) is 6.61 Å². The molecule has 0 aromatic heterocycles. The quantitative estimate of drug-likeness (QED) is 0.599. The highest BCUT2D eigenvalue weighted by Crippen LogP contribution is 2.24. The third-order valence-corrected chi connectivity index (χ3v) is 3.04. The molecule has 116 valence electrons. The van der Waals surface area contributed by atoms with Crippen molar-refractivity contribution in [3.05, 3.63) is 35.4 Å². The van der Waals surface area contributed by atoms with Crippen molar-refractivity contribution in [2.75, 3.05) is 6.61 Å². The third kappa shape index (κ3) is 4.88. The second-order valence-electron chi connectivity index (χ2n) is 4.54. The Morgan fingerprint density at radius 3 is 2.05 bits per heavy atom. The molecular weight excluding hydrogens is 285 g/mol. The molecule has 0 aliphatic rings. The average molecular weight is 302 g/mol. The first-order valence-corrected chi connectivity index (χ1v) is 6.65. The zero-order chi connectivity index (χ0) is 16.0. The number of ether oxygens (including phenoxy) is 1. The number of halogens is 3. The maximum Gasteiger partial charge on any atom is 0.450 e. The van der Waals surface area contributed by atoms with Crippen molar-refractivity contribution >= 4 is 11.8 Å². The van der Waals surface area contributed by atoms with Gasteiger partial charge in [-0.1, -0.05) is 31.2 Å². The minimum Gasteiger partial charge on any atom is -0.465 e. The topological polar surface area (TPSA) is 43.4 Å². The molecule has 1 rings (SSSR count). The monoisotopic (exact) mass is 302 g/mol. The normalized spacial score (nSPS) is 12.8. The highest BCUT2D eigenvalue weighted by Gasteiger charge is 2.46. The van der Waals surface area contributed by atoms with Crippen molar-refractivity contribution in [3.63, 3.8) is 0 Å². The van der Waals surface area contributed by atoms with E-state index in [1.54, 1.807) is 24.3 Å². The van der Waals surface area contributed by atoms with E-state index in [0.717, 1.165) is 12.0 Å². The maximum atomic E-state index is 12.6. The Balaban J connectivity index is 2.95. The van der Waals surface area contributed by atoms with Gasteiger partial charge < -0.3 is 4.74 Å². The van der Waals surface area contributed by atoms with E-state index in [1.807, 2.05) is 6.92 Å². The first-order valence-electron chi connectivity index (χ1n) is 6.65. The number of carbonyl (C=O) groups excluding carboxylic acids is 2. The minimum atomic E-state index is -5.05. The molecule has 0 heterocycles. The molecule has 0 amide bonds. The molecule has 0 radical (unpaired) electrons. The molecule has 0 bridgehead atoms. The molecule has 21 heavy (non-hydrogen) atoms. The summed E-state index contributed by atoms with van der Waals surface area (Å²) in [5.41, 5.74) is 1.51. The van der Waals surface area contributed by atoms with Crippen LogP contribution in [-0.2, 0) is 27.2 Å². The lowest BCUT2D eigenvalue weighted by molar-refractivity contribution is -0.180. The van der Waals surface area contributed by atoms with E-state index in [-0.39, 0.29) is 13.0 Å². The van der Waals surface area contributed by atoms with Crippen LogP contribution in [0.1, 0.15) is 25.0 Å². The minimum absolute atomic E-state index is 0.0742. The largest absolute Gasteiger partial charge is 0.465 e. The van der Waals surface area contributed by atoms with Gasteiger partial charge in [-0.15, -0.1) is 0 Å². The van der Waals surface area contributed by atoms with Gasteiger partial charge in [0.1, 0.15) is 5.92 Å². The van der Waals surface area contributed by atoms with Crippen LogP contribution < -0.4 is 0 Å². The Bertz CT molecular complexity index is 492. The third-order valence-electron chi connectivity index (χ3n) is 3.04. The van der Waals surface area contributed by atoms with Crippen LogP contribution in [0.25, 0.3) is 0 Å². The molecule has 0 aliphatic carbocycles. The van der Waals surface area contributed by atoms with Crippen LogP contribution in [-0.4, -0.2) is 24.5 Å². The van der Waals surface area contributed by atoms with Crippen LogP contribution in [0.2, 0.25) is 0 Å². The van der Waals surface area contributed by atoms with Gasteiger partial charge in [-0.05, 0) is 30.9 Å². The summed E-state index contributed by atoms with van der Waals surface area (Å²) < 4.78 is 42.3. The molecule has 0 aliphatic heterocycles. The van der Waals surface area contributed by atoms with Gasteiger partial charge >= 0.3 is 12.1 Å². The van der Waals surface area contributed by atoms with Gasteiger partial charge in [-0.2, -0.15) is 13.2 Å². The fourth-order valence-electron chi connectivity index (χ4n) is 1.87. The summed E-state index contributed by atoms with van der Waals surface area (Å²) in [6, 6.07) is 6.76. The Kier molecular flexibility index (Phi) is 5.93. The first kappa shape index (κ1) is 17.2. The van der Waals surface area contributed by atoms with Crippen molar-refractivity contribution in [1.82, 2.24) is 0 Å². The van der Waals surface area contributed by atoms with Crippen molar-refractivity contribution in [1.29, 1.82) is 0 Å². The average Bonchev–Trinajstić information content (AvgIpc) is 2.44. The number of hydrogen-bond donors (Lipinski definition) is 0. The van der Waals surface area contributed by atoms with Gasteiger partial charge in [0.25, 0.3) is 5.78 Å². The maximum absolute atomic E-state index is 12.6. The van der Waals surface area contributed by atoms with Crippen molar-refractivity contribution < 1.29 is 27.5 Å². The van der Waals surface area contributed by atoms with E-state index in [1.165, 1.54) is 6.92 Å². The fraction of sp³-hybridized carbons (Fsp3) is 0.467. The lowest BCUT2D eigenvalue weighted by Gasteiger charge is -2.16. The van der Waals surface area contributed by atoms with Crippen LogP contribution in [0.5, 0.6) is 0 Å². The smallest absolute Gasteiger partial charge is 0.450 e. The second-order valence-corrected chi connectivity index (χ2v) is 4.54. The summed E-state index contributed by atoms with van der Waals surface area (Å²) in [5.74, 6) is -5.06. The summed E-state index contributed by atoms with van der Waals surface area (Å²) in [6.07, 6.45) is -4.58. The predicted molar refractivity (Wildman–Crippen MR) is 70.7 cm³/mol. The molecule has 1 aromatic carbocycles. The number of ketones is 1. The number of alkyl halides is 3. The number of aryl methyl sites for hydroxylation is 1. The molecule has 1 atom stereocenters.